The van der Waals surface area contributed by atoms with Crippen molar-refractivity contribution in [2.24, 2.45) is 0 Å². The van der Waals surface area contributed by atoms with Crippen molar-refractivity contribution in [1.82, 2.24) is 0 Å². The lowest BCUT2D eigenvalue weighted by Crippen LogP contribution is -1.85. The Morgan fingerprint density at radius 1 is 0.409 bits per heavy atom. The van der Waals surface area contributed by atoms with Crippen LogP contribution in [0.15, 0.2) is 59.3 Å². The molecule has 2 heteroatoms. The maximum Gasteiger partial charge on any atom is 0.0351 e. The molecule has 44 heavy (non-hydrogen) atoms. The van der Waals surface area contributed by atoms with Crippen molar-refractivity contribution in [2.45, 2.75) is 155 Å². The smallest absolute Gasteiger partial charge is 0.0351 e. The molecular formula is C42H60S2. The van der Waals surface area contributed by atoms with Crippen LogP contribution in [0.3, 0.4) is 0 Å². The summed E-state index contributed by atoms with van der Waals surface area (Å²) in [5.41, 5.74) is 8.52. The topological polar surface area (TPSA) is 0 Å². The zero-order chi connectivity index (χ0) is 30.7. The largest absolute Gasteiger partial charge is 0.144 e. The van der Waals surface area contributed by atoms with Gasteiger partial charge in [0.2, 0.25) is 0 Å². The van der Waals surface area contributed by atoms with Gasteiger partial charge in [-0.3, -0.25) is 0 Å². The van der Waals surface area contributed by atoms with Crippen molar-refractivity contribution in [3.05, 3.63) is 70.4 Å². The predicted molar refractivity (Wildman–Crippen MR) is 201 cm³/mol. The van der Waals surface area contributed by atoms with Crippen LogP contribution in [0, 0.1) is 0 Å². The van der Waals surface area contributed by atoms with Gasteiger partial charge in [0.1, 0.15) is 0 Å². The highest BCUT2D eigenvalue weighted by Crippen LogP contribution is 2.40. The van der Waals surface area contributed by atoms with Gasteiger partial charge in [-0.25, -0.2) is 0 Å². The van der Waals surface area contributed by atoms with E-state index in [1.54, 1.807) is 0 Å². The molecule has 0 atom stereocenters. The van der Waals surface area contributed by atoms with Crippen molar-refractivity contribution in [3.8, 4) is 32.0 Å². The lowest BCUT2D eigenvalue weighted by Gasteiger charge is -2.02. The van der Waals surface area contributed by atoms with E-state index in [-0.39, 0.29) is 0 Å². The Balaban J connectivity index is 1.23. The molecule has 2 aliphatic carbocycles. The second kappa shape index (κ2) is 21.0. The molecule has 0 fully saturated rings. The van der Waals surface area contributed by atoms with Crippen LogP contribution >= 0.6 is 22.7 Å². The Kier molecular flexibility index (Phi) is 16.7. The second-order valence-electron chi connectivity index (χ2n) is 13.2. The summed E-state index contributed by atoms with van der Waals surface area (Å²) >= 11 is 3.84. The molecule has 0 N–H and O–H groups in total. The lowest BCUT2D eigenvalue weighted by molar-refractivity contribution is 0.556. The molecule has 0 aromatic carbocycles. The van der Waals surface area contributed by atoms with Gasteiger partial charge in [0.15, 0.2) is 0 Å². The third-order valence-corrected chi connectivity index (χ3v) is 11.4. The Bertz CT molecular complexity index is 1260. The molecule has 0 spiro atoms. The van der Waals surface area contributed by atoms with Gasteiger partial charge in [0.25, 0.3) is 0 Å². The molecule has 0 radical (unpaired) electrons. The average molecular weight is 629 g/mol. The highest BCUT2D eigenvalue weighted by molar-refractivity contribution is 7.14. The third-order valence-electron chi connectivity index (χ3n) is 9.38. The number of aryl methyl sites for hydroxylation is 2. The van der Waals surface area contributed by atoms with Crippen LogP contribution in [0.4, 0.5) is 0 Å². The predicted octanol–water partition coefficient (Wildman–Crippen LogP) is 15.2. The summed E-state index contributed by atoms with van der Waals surface area (Å²) in [5, 5.41) is 4.81. The van der Waals surface area contributed by atoms with Gasteiger partial charge in [0.05, 0.1) is 0 Å². The first-order valence-electron chi connectivity index (χ1n) is 18.5. The molecule has 0 nitrogen and oxygen atoms in total. The van der Waals surface area contributed by atoms with Gasteiger partial charge in [-0.1, -0.05) is 160 Å². The first kappa shape index (κ1) is 35.0. The van der Waals surface area contributed by atoms with E-state index >= 15 is 0 Å². The second-order valence-corrected chi connectivity index (χ2v) is 15.1. The first-order valence-corrected chi connectivity index (χ1v) is 20.2. The molecular weight excluding hydrogens is 569 g/mol. The van der Waals surface area contributed by atoms with Crippen LogP contribution in [0.1, 0.15) is 153 Å². The van der Waals surface area contributed by atoms with Crippen molar-refractivity contribution >= 4 is 22.7 Å². The summed E-state index contributed by atoms with van der Waals surface area (Å²) in [7, 11) is 0. The molecule has 0 aliphatic heterocycles. The fraction of sp³-hybridized carbons (Fsp3) is 0.571. The van der Waals surface area contributed by atoms with Gasteiger partial charge in [0, 0.05) is 9.75 Å². The zero-order valence-corrected chi connectivity index (χ0v) is 29.8. The minimum absolute atomic E-state index is 1.22. The minimum atomic E-state index is 1.22. The molecule has 2 aliphatic rings. The quantitative estimate of drug-likeness (QED) is 0.0677. The van der Waals surface area contributed by atoms with Gasteiger partial charge < -0.3 is 0 Å². The molecule has 4 rings (SSSR count). The third kappa shape index (κ3) is 12.1. The van der Waals surface area contributed by atoms with Crippen LogP contribution in [0.2, 0.25) is 0 Å². The molecule has 0 bridgehead atoms. The van der Waals surface area contributed by atoms with E-state index in [9.17, 15) is 0 Å². The Morgan fingerprint density at radius 3 is 1.43 bits per heavy atom. The van der Waals surface area contributed by atoms with E-state index in [2.05, 4.69) is 73.1 Å². The van der Waals surface area contributed by atoms with Crippen LogP contribution in [0.5, 0.6) is 0 Å². The Labute approximate surface area is 279 Å². The Morgan fingerprint density at radius 2 is 0.886 bits per heavy atom. The molecule has 0 amide bonds. The SMILES string of the molecule is CCCCCCCCCCCCc1csc(-c2ccc(-c3cc(CCCCCCCCCCCC)cs3)c3cccc-3c2)c1. The number of rotatable bonds is 24. The summed E-state index contributed by atoms with van der Waals surface area (Å²) < 4.78 is 0. The van der Waals surface area contributed by atoms with E-state index in [4.69, 9.17) is 0 Å². The summed E-state index contributed by atoms with van der Waals surface area (Å²) in [5.74, 6) is 0. The van der Waals surface area contributed by atoms with E-state index in [1.165, 1.54) is 184 Å². The van der Waals surface area contributed by atoms with E-state index in [0.717, 1.165) is 0 Å². The summed E-state index contributed by atoms with van der Waals surface area (Å²) in [6.07, 6.45) is 30.5. The summed E-state index contributed by atoms with van der Waals surface area (Å²) in [6, 6.07) is 18.9. The van der Waals surface area contributed by atoms with Crippen molar-refractivity contribution < 1.29 is 0 Å². The maximum atomic E-state index is 2.47. The molecule has 2 aromatic heterocycles. The normalized spacial score (nSPS) is 11.6. The number of hydrogen-bond acceptors (Lipinski definition) is 2. The standard InChI is InChI=1S/C42H60S2/c1-3-5-7-9-11-13-15-17-19-21-24-35-30-41(43-33-35)38-28-29-40(39-27-23-26-37(39)32-38)42-31-36(34-44-42)25-22-20-18-16-14-12-10-8-6-4-2/h23,26-34H,3-22,24-25H2,1-2H3. The number of unbranched alkanes of at least 4 members (excludes halogenated alkanes) is 18. The lowest BCUT2D eigenvalue weighted by atomic mass is 10.0. The van der Waals surface area contributed by atoms with Gasteiger partial charge in [-0.15, -0.1) is 22.7 Å². The van der Waals surface area contributed by atoms with Crippen molar-refractivity contribution in [2.75, 3.05) is 0 Å². The maximum absolute atomic E-state index is 2.47. The van der Waals surface area contributed by atoms with Crippen molar-refractivity contribution in [1.29, 1.82) is 0 Å². The van der Waals surface area contributed by atoms with Crippen molar-refractivity contribution in [3.63, 3.8) is 0 Å². The zero-order valence-electron chi connectivity index (χ0n) is 28.1. The molecule has 2 heterocycles. The van der Waals surface area contributed by atoms with E-state index in [1.807, 2.05) is 22.7 Å². The molecule has 2 aromatic rings. The first-order chi connectivity index (χ1) is 21.8. The van der Waals surface area contributed by atoms with Gasteiger partial charge in [-0.05, 0) is 88.0 Å². The van der Waals surface area contributed by atoms with Crippen LogP contribution in [-0.4, -0.2) is 0 Å². The minimum Gasteiger partial charge on any atom is -0.144 e. The highest BCUT2D eigenvalue weighted by atomic mass is 32.1. The fourth-order valence-electron chi connectivity index (χ4n) is 6.59. The molecule has 0 saturated carbocycles. The van der Waals surface area contributed by atoms with E-state index < -0.39 is 0 Å². The molecule has 240 valence electrons. The Hall–Kier alpha value is -1.90. The molecule has 0 unspecified atom stereocenters. The average Bonchev–Trinajstić information content (AvgIpc) is 3.79. The van der Waals surface area contributed by atoms with Crippen LogP contribution in [0.25, 0.3) is 32.0 Å². The monoisotopic (exact) mass is 628 g/mol. The summed E-state index contributed by atoms with van der Waals surface area (Å²) in [4.78, 5) is 2.82. The number of fused-ring (bicyclic) bond motifs is 1. The fourth-order valence-corrected chi connectivity index (χ4v) is 8.53. The van der Waals surface area contributed by atoms with E-state index in [0.29, 0.717) is 0 Å². The number of thiophene rings is 2. The van der Waals surface area contributed by atoms with Crippen LogP contribution < -0.4 is 0 Å². The van der Waals surface area contributed by atoms with Crippen LogP contribution in [-0.2, 0) is 12.8 Å². The van der Waals surface area contributed by atoms with Gasteiger partial charge >= 0.3 is 0 Å². The summed E-state index contributed by atoms with van der Waals surface area (Å²) in [6.45, 7) is 4.60. The molecule has 0 saturated heterocycles. The number of hydrogen-bond donors (Lipinski definition) is 0. The van der Waals surface area contributed by atoms with Gasteiger partial charge in [-0.2, -0.15) is 0 Å². The highest BCUT2D eigenvalue weighted by Gasteiger charge is 2.13.